The maximum atomic E-state index is 14.5. The minimum Gasteiger partial charge on any atom is -0.353 e. The molecular formula is C23H30ClFN4O. The molecule has 5 nitrogen and oxygen atoms in total. The summed E-state index contributed by atoms with van der Waals surface area (Å²) in [7, 11) is 0. The minimum atomic E-state index is -0.322. The highest BCUT2D eigenvalue weighted by Gasteiger charge is 2.26. The molecule has 1 aromatic heterocycles. The lowest BCUT2D eigenvalue weighted by atomic mass is 10.0. The van der Waals surface area contributed by atoms with Crippen molar-refractivity contribution in [2.75, 3.05) is 31.1 Å². The smallest absolute Gasteiger partial charge is 0.222 e. The van der Waals surface area contributed by atoms with E-state index in [1.165, 1.54) is 6.07 Å². The SMILES string of the molecule is CCC(=O)N1CCN(c2nc([C@H](C)CC)nc(C)c2Cc2c(F)cccc2Cl)CC1. The van der Waals surface area contributed by atoms with Gasteiger partial charge in [0.05, 0.1) is 0 Å². The van der Waals surface area contributed by atoms with Gasteiger partial charge < -0.3 is 9.80 Å². The Balaban J connectivity index is 1.99. The third-order valence-electron chi connectivity index (χ3n) is 5.91. The third kappa shape index (κ3) is 4.75. The maximum absolute atomic E-state index is 14.5. The lowest BCUT2D eigenvalue weighted by Gasteiger charge is -2.36. The zero-order chi connectivity index (χ0) is 21.8. The van der Waals surface area contributed by atoms with E-state index in [-0.39, 0.29) is 17.6 Å². The molecule has 0 aliphatic carbocycles. The molecule has 1 aromatic carbocycles. The van der Waals surface area contributed by atoms with Crippen molar-refractivity contribution in [2.45, 2.75) is 52.9 Å². The molecule has 30 heavy (non-hydrogen) atoms. The fourth-order valence-electron chi connectivity index (χ4n) is 3.74. The molecule has 0 radical (unpaired) electrons. The maximum Gasteiger partial charge on any atom is 0.222 e. The van der Waals surface area contributed by atoms with Gasteiger partial charge in [0.25, 0.3) is 0 Å². The Morgan fingerprint density at radius 2 is 1.87 bits per heavy atom. The molecule has 162 valence electrons. The number of carbonyl (C=O) groups is 1. The zero-order valence-corrected chi connectivity index (χ0v) is 19.0. The predicted molar refractivity (Wildman–Crippen MR) is 119 cm³/mol. The highest BCUT2D eigenvalue weighted by molar-refractivity contribution is 6.31. The minimum absolute atomic E-state index is 0.173. The normalized spacial score (nSPS) is 15.4. The highest BCUT2D eigenvalue weighted by atomic mass is 35.5. The van der Waals surface area contributed by atoms with Crippen LogP contribution in [0.1, 0.15) is 62.2 Å². The number of aryl methyl sites for hydroxylation is 1. The molecule has 1 saturated heterocycles. The van der Waals surface area contributed by atoms with Gasteiger partial charge >= 0.3 is 0 Å². The second-order valence-electron chi connectivity index (χ2n) is 7.88. The Morgan fingerprint density at radius 1 is 1.17 bits per heavy atom. The van der Waals surface area contributed by atoms with Crippen molar-refractivity contribution in [1.82, 2.24) is 14.9 Å². The van der Waals surface area contributed by atoms with Crippen LogP contribution in [0.15, 0.2) is 18.2 Å². The van der Waals surface area contributed by atoms with Gasteiger partial charge in [-0.15, -0.1) is 0 Å². The Morgan fingerprint density at radius 3 is 2.47 bits per heavy atom. The van der Waals surface area contributed by atoms with Crippen LogP contribution in [-0.4, -0.2) is 47.0 Å². The first-order chi connectivity index (χ1) is 14.3. The Kier molecular flexibility index (Phi) is 7.29. The van der Waals surface area contributed by atoms with E-state index in [4.69, 9.17) is 21.6 Å². The summed E-state index contributed by atoms with van der Waals surface area (Å²) in [6.45, 7) is 10.8. The van der Waals surface area contributed by atoms with Crippen molar-refractivity contribution in [1.29, 1.82) is 0 Å². The van der Waals surface area contributed by atoms with Crippen molar-refractivity contribution in [3.63, 3.8) is 0 Å². The lowest BCUT2D eigenvalue weighted by Crippen LogP contribution is -2.49. The average molecular weight is 433 g/mol. The molecule has 1 aliphatic heterocycles. The first kappa shape index (κ1) is 22.5. The number of halogens is 2. The molecule has 0 bridgehead atoms. The molecule has 1 atom stereocenters. The Hall–Kier alpha value is -2.21. The zero-order valence-electron chi connectivity index (χ0n) is 18.2. The van der Waals surface area contributed by atoms with E-state index in [9.17, 15) is 9.18 Å². The fourth-order valence-corrected chi connectivity index (χ4v) is 3.97. The van der Waals surface area contributed by atoms with Crippen LogP contribution in [0.2, 0.25) is 5.02 Å². The first-order valence-electron chi connectivity index (χ1n) is 10.7. The lowest BCUT2D eigenvalue weighted by molar-refractivity contribution is -0.131. The van der Waals surface area contributed by atoms with Crippen LogP contribution in [0.3, 0.4) is 0 Å². The molecule has 1 aliphatic rings. The Bertz CT molecular complexity index is 892. The molecule has 0 N–H and O–H groups in total. The molecule has 2 aromatic rings. The largest absolute Gasteiger partial charge is 0.353 e. The molecule has 3 rings (SSSR count). The van der Waals surface area contributed by atoms with Crippen molar-refractivity contribution in [2.24, 2.45) is 0 Å². The van der Waals surface area contributed by atoms with Gasteiger partial charge in [-0.05, 0) is 25.5 Å². The molecular weight excluding hydrogens is 403 g/mol. The number of benzene rings is 1. The summed E-state index contributed by atoms with van der Waals surface area (Å²) in [5, 5.41) is 0.407. The molecule has 7 heteroatoms. The summed E-state index contributed by atoms with van der Waals surface area (Å²) in [5.41, 5.74) is 2.20. The molecule has 0 saturated carbocycles. The first-order valence-corrected chi connectivity index (χ1v) is 11.1. The predicted octanol–water partition coefficient (Wildman–Crippen LogP) is 4.74. The topological polar surface area (TPSA) is 49.3 Å². The number of hydrogen-bond acceptors (Lipinski definition) is 4. The molecule has 1 fully saturated rings. The van der Waals surface area contributed by atoms with Crippen LogP contribution in [0.5, 0.6) is 0 Å². The summed E-state index contributed by atoms with van der Waals surface area (Å²) >= 11 is 6.31. The van der Waals surface area contributed by atoms with Crippen LogP contribution in [0.4, 0.5) is 10.2 Å². The van der Waals surface area contributed by atoms with Crippen LogP contribution in [-0.2, 0) is 11.2 Å². The second-order valence-corrected chi connectivity index (χ2v) is 8.28. The number of piperazine rings is 1. The number of carbonyl (C=O) groups excluding carboxylic acids is 1. The molecule has 2 heterocycles. The van der Waals surface area contributed by atoms with Gasteiger partial charge in [-0.3, -0.25) is 4.79 Å². The Labute approximate surface area is 183 Å². The van der Waals surface area contributed by atoms with Gasteiger partial charge in [0, 0.05) is 66.8 Å². The van der Waals surface area contributed by atoms with E-state index in [1.54, 1.807) is 12.1 Å². The van der Waals surface area contributed by atoms with Gasteiger partial charge in [-0.1, -0.05) is 38.4 Å². The number of aromatic nitrogens is 2. The van der Waals surface area contributed by atoms with Crippen molar-refractivity contribution < 1.29 is 9.18 Å². The van der Waals surface area contributed by atoms with Crippen LogP contribution in [0, 0.1) is 12.7 Å². The van der Waals surface area contributed by atoms with Crippen LogP contribution < -0.4 is 4.90 Å². The number of hydrogen-bond donors (Lipinski definition) is 0. The number of nitrogens with zero attached hydrogens (tertiary/aromatic N) is 4. The van der Waals surface area contributed by atoms with Gasteiger partial charge in [0.15, 0.2) is 0 Å². The van der Waals surface area contributed by atoms with E-state index in [0.717, 1.165) is 29.3 Å². The summed E-state index contributed by atoms with van der Waals surface area (Å²) < 4.78 is 14.5. The van der Waals surface area contributed by atoms with Crippen molar-refractivity contribution in [3.8, 4) is 0 Å². The number of amides is 1. The number of anilines is 1. The van der Waals surface area contributed by atoms with Crippen LogP contribution >= 0.6 is 11.6 Å². The van der Waals surface area contributed by atoms with Crippen LogP contribution in [0.25, 0.3) is 0 Å². The van der Waals surface area contributed by atoms with Gasteiger partial charge in [-0.25, -0.2) is 14.4 Å². The van der Waals surface area contributed by atoms with Crippen molar-refractivity contribution in [3.05, 3.63) is 51.7 Å². The third-order valence-corrected chi connectivity index (χ3v) is 6.27. The molecule has 0 spiro atoms. The second kappa shape index (κ2) is 9.73. The van der Waals surface area contributed by atoms with E-state index in [0.29, 0.717) is 49.6 Å². The van der Waals surface area contributed by atoms with E-state index in [1.807, 2.05) is 18.7 Å². The monoisotopic (exact) mass is 432 g/mol. The highest BCUT2D eigenvalue weighted by Crippen LogP contribution is 2.30. The van der Waals surface area contributed by atoms with E-state index >= 15 is 0 Å². The molecule has 0 unspecified atom stereocenters. The van der Waals surface area contributed by atoms with Gasteiger partial charge in [0.1, 0.15) is 17.5 Å². The van der Waals surface area contributed by atoms with Gasteiger partial charge in [-0.2, -0.15) is 0 Å². The quantitative estimate of drug-likeness (QED) is 0.661. The summed E-state index contributed by atoms with van der Waals surface area (Å²) in [6, 6.07) is 4.75. The summed E-state index contributed by atoms with van der Waals surface area (Å²) in [6.07, 6.45) is 1.79. The van der Waals surface area contributed by atoms with Crippen molar-refractivity contribution >= 4 is 23.3 Å². The summed E-state index contributed by atoms with van der Waals surface area (Å²) in [4.78, 5) is 25.8. The standard InChI is InChI=1S/C23H30ClFN4O/c1-5-15(3)22-26-16(4)17(14-18-19(24)8-7-9-20(18)25)23(27-22)29-12-10-28(11-13-29)21(30)6-2/h7-9,15H,5-6,10-14H2,1-4H3/t15-/m1/s1. The van der Waals surface area contributed by atoms with Gasteiger partial charge in [0.2, 0.25) is 5.91 Å². The average Bonchev–Trinajstić information content (AvgIpc) is 2.76. The molecule has 1 amide bonds. The fraction of sp³-hybridized carbons (Fsp3) is 0.522. The number of rotatable bonds is 6. The summed E-state index contributed by atoms with van der Waals surface area (Å²) in [5.74, 6) is 1.72. The van der Waals surface area contributed by atoms with E-state index in [2.05, 4.69) is 18.7 Å². The van der Waals surface area contributed by atoms with E-state index < -0.39 is 0 Å².